The molecule has 0 saturated heterocycles. The van der Waals surface area contributed by atoms with Crippen molar-refractivity contribution >= 4 is 75.1 Å². The minimum Gasteiger partial charge on any atom is -0.309 e. The lowest BCUT2D eigenvalue weighted by Gasteiger charge is -2.12. The van der Waals surface area contributed by atoms with Gasteiger partial charge in [-0.25, -0.2) is 14.4 Å². The van der Waals surface area contributed by atoms with E-state index in [1.54, 1.807) is 17.4 Å². The van der Waals surface area contributed by atoms with Gasteiger partial charge in [-0.1, -0.05) is 109 Å². The van der Waals surface area contributed by atoms with Gasteiger partial charge in [0, 0.05) is 58.5 Å². The zero-order chi connectivity index (χ0) is 38.3. The smallest absolute Gasteiger partial charge is 0.235 e. The molecule has 6 heteroatoms. The minimum absolute atomic E-state index is 0.238. The highest BCUT2D eigenvalue weighted by molar-refractivity contribution is 7.25. The molecule has 4 heterocycles. The number of benzene rings is 8. The van der Waals surface area contributed by atoms with E-state index in [1.807, 2.05) is 24.3 Å². The van der Waals surface area contributed by atoms with E-state index in [0.29, 0.717) is 5.95 Å². The normalized spacial score (nSPS) is 11.9. The Kier molecular flexibility index (Phi) is 7.25. The number of hydrogen-bond donors (Lipinski definition) is 0. The van der Waals surface area contributed by atoms with Crippen molar-refractivity contribution in [1.82, 2.24) is 19.1 Å². The first-order chi connectivity index (χ1) is 28.6. The third kappa shape index (κ3) is 5.12. The third-order valence-corrected chi connectivity index (χ3v) is 12.6. The Morgan fingerprint density at radius 2 is 0.914 bits per heavy atom. The summed E-state index contributed by atoms with van der Waals surface area (Å²) in [7, 11) is 0. The van der Waals surface area contributed by atoms with Gasteiger partial charge in [0.25, 0.3) is 0 Å². The molecule has 4 nitrogen and oxygen atoms in total. The van der Waals surface area contributed by atoms with Crippen molar-refractivity contribution in [2.75, 3.05) is 0 Å². The molecule has 0 fully saturated rings. The van der Waals surface area contributed by atoms with Gasteiger partial charge in [-0.15, -0.1) is 11.3 Å². The lowest BCUT2D eigenvalue weighted by atomic mass is 10.0. The average molecular weight is 763 g/mol. The van der Waals surface area contributed by atoms with E-state index in [1.165, 1.54) is 27.9 Å². The molecule has 0 N–H and O–H groups in total. The molecule has 4 aromatic heterocycles. The van der Waals surface area contributed by atoms with E-state index < -0.39 is 0 Å². The van der Waals surface area contributed by atoms with Crippen molar-refractivity contribution in [2.45, 2.75) is 0 Å². The second kappa shape index (κ2) is 12.8. The van der Waals surface area contributed by atoms with Gasteiger partial charge in [-0.2, -0.15) is 0 Å². The molecule has 12 aromatic rings. The van der Waals surface area contributed by atoms with Crippen molar-refractivity contribution in [3.8, 4) is 45.3 Å². The van der Waals surface area contributed by atoms with Crippen LogP contribution in [-0.2, 0) is 0 Å². The SMILES string of the molecule is Fc1ccc2sc3ccc(-c4cc(-c5ccccc5)nc(-n5c6ccccc6c6ccc(-c7ccc8c(c7)c7ccccc7n8-c7ccccc7)cc65)n4)cc3c2c1. The highest BCUT2D eigenvalue weighted by atomic mass is 32.1. The molecule has 0 aliphatic heterocycles. The number of para-hydroxylation sites is 3. The fraction of sp³-hybridized carbons (Fsp3) is 0. The fourth-order valence-electron chi connectivity index (χ4n) is 8.72. The summed E-state index contributed by atoms with van der Waals surface area (Å²) in [4.78, 5) is 10.6. The van der Waals surface area contributed by atoms with Gasteiger partial charge in [0.15, 0.2) is 0 Å². The Hall–Kier alpha value is -7.41. The van der Waals surface area contributed by atoms with E-state index in [4.69, 9.17) is 9.97 Å². The Balaban J connectivity index is 1.08. The molecule has 0 unspecified atom stereocenters. The van der Waals surface area contributed by atoms with Crippen molar-refractivity contribution < 1.29 is 4.39 Å². The summed E-state index contributed by atoms with van der Waals surface area (Å²) in [6, 6.07) is 65.0. The van der Waals surface area contributed by atoms with E-state index >= 15 is 0 Å². The van der Waals surface area contributed by atoms with Gasteiger partial charge < -0.3 is 4.57 Å². The lowest BCUT2D eigenvalue weighted by molar-refractivity contribution is 0.630. The van der Waals surface area contributed by atoms with Crippen LogP contribution in [0.2, 0.25) is 0 Å². The highest BCUT2D eigenvalue weighted by Crippen LogP contribution is 2.40. The van der Waals surface area contributed by atoms with E-state index in [9.17, 15) is 4.39 Å². The van der Waals surface area contributed by atoms with Crippen LogP contribution in [0.25, 0.3) is 109 Å². The number of halogens is 1. The van der Waals surface area contributed by atoms with Gasteiger partial charge in [0.1, 0.15) is 5.82 Å². The van der Waals surface area contributed by atoms with Gasteiger partial charge in [-0.05, 0) is 90.0 Å². The zero-order valence-corrected chi connectivity index (χ0v) is 31.8. The molecule has 0 aliphatic carbocycles. The second-order valence-electron chi connectivity index (χ2n) is 14.8. The molecular formula is C52H31FN4S. The second-order valence-corrected chi connectivity index (χ2v) is 15.8. The molecule has 0 atom stereocenters. The fourth-order valence-corrected chi connectivity index (χ4v) is 9.79. The number of fused-ring (bicyclic) bond motifs is 9. The predicted molar refractivity (Wildman–Crippen MR) is 240 cm³/mol. The topological polar surface area (TPSA) is 35.6 Å². The molecule has 272 valence electrons. The molecule has 8 aromatic carbocycles. The van der Waals surface area contributed by atoms with Crippen molar-refractivity contribution in [2.24, 2.45) is 0 Å². The summed E-state index contributed by atoms with van der Waals surface area (Å²) in [5, 5.41) is 6.62. The summed E-state index contributed by atoms with van der Waals surface area (Å²) in [6.07, 6.45) is 0. The molecule has 0 bridgehead atoms. The zero-order valence-electron chi connectivity index (χ0n) is 31.0. The number of thiophene rings is 1. The Labute approximate surface area is 336 Å². The van der Waals surface area contributed by atoms with Crippen molar-refractivity contribution in [3.63, 3.8) is 0 Å². The standard InChI is InChI=1S/C52H31FN4S/c53-36-22-26-51-43(30-36)42-28-35(21-25-50(42)58-51)45-31-44(32-11-3-1-4-12-32)54-52(55-45)57-47-18-10-7-15-38(47)40-23-19-34(29-49(40)57)33-20-24-48-41(27-33)39-16-8-9-17-46(39)56(48)37-13-5-2-6-14-37/h1-31H. The van der Waals surface area contributed by atoms with Crippen LogP contribution in [0, 0.1) is 5.82 Å². The number of rotatable bonds is 5. The van der Waals surface area contributed by atoms with Crippen LogP contribution in [0.5, 0.6) is 0 Å². The maximum atomic E-state index is 14.5. The Morgan fingerprint density at radius 3 is 1.71 bits per heavy atom. The quantitative estimate of drug-likeness (QED) is 0.175. The largest absolute Gasteiger partial charge is 0.309 e. The average Bonchev–Trinajstić information content (AvgIpc) is 3.93. The summed E-state index contributed by atoms with van der Waals surface area (Å²) in [5.74, 6) is 0.347. The van der Waals surface area contributed by atoms with E-state index in [-0.39, 0.29) is 5.82 Å². The van der Waals surface area contributed by atoms with Crippen LogP contribution in [0.4, 0.5) is 4.39 Å². The van der Waals surface area contributed by atoms with Gasteiger partial charge >= 0.3 is 0 Å². The molecule has 0 spiro atoms. The summed E-state index contributed by atoms with van der Waals surface area (Å²) in [5.41, 5.74) is 11.4. The molecule has 12 rings (SSSR count). The van der Waals surface area contributed by atoms with Crippen LogP contribution >= 0.6 is 11.3 Å². The summed E-state index contributed by atoms with van der Waals surface area (Å²) < 4.78 is 21.2. The lowest BCUT2D eigenvalue weighted by Crippen LogP contribution is -2.04. The summed E-state index contributed by atoms with van der Waals surface area (Å²) >= 11 is 1.67. The van der Waals surface area contributed by atoms with Gasteiger partial charge in [0.2, 0.25) is 5.95 Å². The van der Waals surface area contributed by atoms with Crippen LogP contribution in [-0.4, -0.2) is 19.1 Å². The number of aromatic nitrogens is 4. The molecule has 58 heavy (non-hydrogen) atoms. The Bertz CT molecular complexity index is 3580. The third-order valence-electron chi connectivity index (χ3n) is 11.4. The number of nitrogens with zero attached hydrogens (tertiary/aromatic N) is 4. The van der Waals surface area contributed by atoms with Crippen LogP contribution in [0.15, 0.2) is 188 Å². The first kappa shape index (κ1) is 32.8. The maximum Gasteiger partial charge on any atom is 0.235 e. The summed E-state index contributed by atoms with van der Waals surface area (Å²) in [6.45, 7) is 0. The highest BCUT2D eigenvalue weighted by Gasteiger charge is 2.19. The van der Waals surface area contributed by atoms with E-state index in [0.717, 1.165) is 81.3 Å². The predicted octanol–water partition coefficient (Wildman–Crippen LogP) is 14.2. The minimum atomic E-state index is -0.238. The van der Waals surface area contributed by atoms with Gasteiger partial charge in [-0.3, -0.25) is 4.57 Å². The monoisotopic (exact) mass is 762 g/mol. The van der Waals surface area contributed by atoms with Crippen molar-refractivity contribution in [3.05, 3.63) is 194 Å². The molecular weight excluding hydrogens is 732 g/mol. The first-order valence-electron chi connectivity index (χ1n) is 19.3. The Morgan fingerprint density at radius 1 is 0.362 bits per heavy atom. The van der Waals surface area contributed by atoms with Crippen LogP contribution in [0.1, 0.15) is 0 Å². The van der Waals surface area contributed by atoms with Crippen molar-refractivity contribution in [1.29, 1.82) is 0 Å². The molecule has 0 amide bonds. The van der Waals surface area contributed by atoms with Gasteiger partial charge in [0.05, 0.1) is 33.5 Å². The maximum absolute atomic E-state index is 14.5. The first-order valence-corrected chi connectivity index (χ1v) is 20.2. The van der Waals surface area contributed by atoms with E-state index in [2.05, 4.69) is 161 Å². The van der Waals surface area contributed by atoms with Crippen LogP contribution in [0.3, 0.4) is 0 Å². The molecule has 0 radical (unpaired) electrons. The number of hydrogen-bond acceptors (Lipinski definition) is 3. The van der Waals surface area contributed by atoms with Crippen LogP contribution < -0.4 is 0 Å². The molecule has 0 aliphatic rings. The molecule has 0 saturated carbocycles.